The molecule has 0 radical (unpaired) electrons. The first kappa shape index (κ1) is 11.4. The molecular weight excluding hydrogens is 211 g/mol. The molecule has 0 saturated carbocycles. The second-order valence-corrected chi connectivity index (χ2v) is 5.90. The van der Waals surface area contributed by atoms with E-state index in [-0.39, 0.29) is 30.8 Å². The number of hydrogen-bond acceptors (Lipinski definition) is 3. The predicted octanol–water partition coefficient (Wildman–Crippen LogP) is 0.626. The fraction of sp³-hybridized carbons (Fsp3) is 0.875. The summed E-state index contributed by atoms with van der Waals surface area (Å²) in [5, 5.41) is 8.94. The number of alkyl halides is 1. The van der Waals surface area contributed by atoms with Crippen molar-refractivity contribution in [2.75, 3.05) is 18.2 Å². The molecule has 0 aliphatic carbocycles. The SMILES string of the molecule is O=C(O)C1(CCCF)CCS(=O)(=O)C1. The van der Waals surface area contributed by atoms with Crippen molar-refractivity contribution in [3.05, 3.63) is 0 Å². The summed E-state index contributed by atoms with van der Waals surface area (Å²) >= 11 is 0. The van der Waals surface area contributed by atoms with Gasteiger partial charge in [0.05, 0.1) is 23.6 Å². The van der Waals surface area contributed by atoms with Gasteiger partial charge in [-0.25, -0.2) is 8.42 Å². The normalized spacial score (nSPS) is 30.4. The van der Waals surface area contributed by atoms with Gasteiger partial charge in [0.2, 0.25) is 0 Å². The highest BCUT2D eigenvalue weighted by atomic mass is 32.2. The van der Waals surface area contributed by atoms with Gasteiger partial charge in [-0.15, -0.1) is 0 Å². The second-order valence-electron chi connectivity index (χ2n) is 3.72. The lowest BCUT2D eigenvalue weighted by Crippen LogP contribution is -2.32. The smallest absolute Gasteiger partial charge is 0.310 e. The van der Waals surface area contributed by atoms with Crippen molar-refractivity contribution in [1.82, 2.24) is 0 Å². The molecule has 0 aromatic heterocycles. The number of carboxylic acid groups (broad SMARTS) is 1. The van der Waals surface area contributed by atoms with Crippen molar-refractivity contribution in [2.24, 2.45) is 5.41 Å². The van der Waals surface area contributed by atoms with Crippen LogP contribution in [0.15, 0.2) is 0 Å². The van der Waals surface area contributed by atoms with Crippen LogP contribution in [0, 0.1) is 5.41 Å². The minimum absolute atomic E-state index is 0.0917. The van der Waals surface area contributed by atoms with E-state index in [1.54, 1.807) is 0 Å². The van der Waals surface area contributed by atoms with E-state index in [4.69, 9.17) is 5.11 Å². The van der Waals surface area contributed by atoms with Crippen LogP contribution in [0.3, 0.4) is 0 Å². The molecule has 0 aromatic rings. The van der Waals surface area contributed by atoms with Gasteiger partial charge in [0.15, 0.2) is 9.84 Å². The second kappa shape index (κ2) is 3.84. The van der Waals surface area contributed by atoms with Crippen LogP contribution in [-0.2, 0) is 14.6 Å². The van der Waals surface area contributed by atoms with Gasteiger partial charge in [0, 0.05) is 0 Å². The summed E-state index contributed by atoms with van der Waals surface area (Å²) in [6, 6.07) is 0. The Kier molecular flexibility index (Phi) is 3.14. The summed E-state index contributed by atoms with van der Waals surface area (Å²) in [6.07, 6.45) is 0.338. The molecular formula is C8H13FO4S. The maximum absolute atomic E-state index is 11.9. The summed E-state index contributed by atoms with van der Waals surface area (Å²) in [7, 11) is -3.23. The van der Waals surface area contributed by atoms with Crippen molar-refractivity contribution < 1.29 is 22.7 Å². The fourth-order valence-corrected chi connectivity index (χ4v) is 3.89. The quantitative estimate of drug-likeness (QED) is 0.760. The summed E-state index contributed by atoms with van der Waals surface area (Å²) < 4.78 is 34.2. The molecule has 1 N–H and O–H groups in total. The Morgan fingerprint density at radius 1 is 1.50 bits per heavy atom. The first-order chi connectivity index (χ1) is 6.42. The van der Waals surface area contributed by atoms with Crippen LogP contribution < -0.4 is 0 Å². The Morgan fingerprint density at radius 2 is 2.14 bits per heavy atom. The van der Waals surface area contributed by atoms with Crippen molar-refractivity contribution in [2.45, 2.75) is 19.3 Å². The van der Waals surface area contributed by atoms with Crippen LogP contribution in [0.4, 0.5) is 4.39 Å². The Bertz CT molecular complexity index is 324. The third-order valence-corrected chi connectivity index (χ3v) is 4.45. The minimum Gasteiger partial charge on any atom is -0.481 e. The van der Waals surface area contributed by atoms with E-state index in [0.717, 1.165) is 0 Å². The number of rotatable bonds is 4. The van der Waals surface area contributed by atoms with E-state index in [0.29, 0.717) is 0 Å². The minimum atomic E-state index is -3.23. The van der Waals surface area contributed by atoms with Crippen molar-refractivity contribution in [3.8, 4) is 0 Å². The highest BCUT2D eigenvalue weighted by Gasteiger charge is 2.47. The number of hydrogen-bond donors (Lipinski definition) is 1. The van der Waals surface area contributed by atoms with Crippen LogP contribution in [0.1, 0.15) is 19.3 Å². The summed E-state index contributed by atoms with van der Waals surface area (Å²) in [5.74, 6) is -1.55. The summed E-state index contributed by atoms with van der Waals surface area (Å²) in [5.41, 5.74) is -1.23. The molecule has 0 bridgehead atoms. The molecule has 1 fully saturated rings. The van der Waals surface area contributed by atoms with Crippen molar-refractivity contribution in [1.29, 1.82) is 0 Å². The molecule has 1 rings (SSSR count). The van der Waals surface area contributed by atoms with Gasteiger partial charge in [0.25, 0.3) is 0 Å². The lowest BCUT2D eigenvalue weighted by molar-refractivity contribution is -0.147. The van der Waals surface area contributed by atoms with Gasteiger partial charge >= 0.3 is 5.97 Å². The van der Waals surface area contributed by atoms with E-state index >= 15 is 0 Å². The van der Waals surface area contributed by atoms with E-state index < -0.39 is 27.9 Å². The van der Waals surface area contributed by atoms with Crippen LogP contribution >= 0.6 is 0 Å². The lowest BCUT2D eigenvalue weighted by Gasteiger charge is -2.21. The molecule has 0 spiro atoms. The molecule has 1 heterocycles. The standard InChI is InChI=1S/C8H13FO4S/c9-4-1-2-8(7(10)11)3-5-14(12,13)6-8/h1-6H2,(H,10,11). The monoisotopic (exact) mass is 224 g/mol. The number of aliphatic carboxylic acids is 1. The molecule has 14 heavy (non-hydrogen) atoms. The van der Waals surface area contributed by atoms with Crippen LogP contribution in [0.25, 0.3) is 0 Å². The number of halogens is 1. The lowest BCUT2D eigenvalue weighted by atomic mass is 9.83. The molecule has 1 unspecified atom stereocenters. The molecule has 0 aromatic carbocycles. The average Bonchev–Trinajstić information content (AvgIpc) is 2.40. The summed E-state index contributed by atoms with van der Waals surface area (Å²) in [4.78, 5) is 10.9. The zero-order valence-corrected chi connectivity index (χ0v) is 8.52. The first-order valence-electron chi connectivity index (χ1n) is 4.42. The highest BCUT2D eigenvalue weighted by Crippen LogP contribution is 2.37. The third-order valence-electron chi connectivity index (χ3n) is 2.63. The number of carbonyl (C=O) groups is 1. The van der Waals surface area contributed by atoms with Crippen molar-refractivity contribution in [3.63, 3.8) is 0 Å². The van der Waals surface area contributed by atoms with Crippen molar-refractivity contribution >= 4 is 15.8 Å². The molecule has 6 heteroatoms. The number of sulfone groups is 1. The Labute approximate surface area is 82.0 Å². The zero-order chi connectivity index (χ0) is 10.8. The van der Waals surface area contributed by atoms with E-state index in [1.807, 2.05) is 0 Å². The molecule has 1 atom stereocenters. The molecule has 0 amide bonds. The van der Waals surface area contributed by atoms with Crippen LogP contribution in [0.2, 0.25) is 0 Å². The van der Waals surface area contributed by atoms with Gasteiger partial charge in [-0.2, -0.15) is 0 Å². The maximum Gasteiger partial charge on any atom is 0.310 e. The third kappa shape index (κ3) is 2.23. The predicted molar refractivity (Wildman–Crippen MR) is 48.5 cm³/mol. The Hall–Kier alpha value is -0.650. The molecule has 4 nitrogen and oxygen atoms in total. The van der Waals surface area contributed by atoms with Crippen LogP contribution in [-0.4, -0.2) is 37.7 Å². The van der Waals surface area contributed by atoms with Gasteiger partial charge in [-0.3, -0.25) is 9.18 Å². The Morgan fingerprint density at radius 3 is 2.50 bits per heavy atom. The van der Waals surface area contributed by atoms with E-state index in [2.05, 4.69) is 0 Å². The van der Waals surface area contributed by atoms with Gasteiger partial charge in [-0.1, -0.05) is 0 Å². The molecule has 1 saturated heterocycles. The summed E-state index contributed by atoms with van der Waals surface area (Å²) in [6.45, 7) is -0.602. The fourth-order valence-electron chi connectivity index (χ4n) is 1.79. The zero-order valence-electron chi connectivity index (χ0n) is 7.70. The van der Waals surface area contributed by atoms with Gasteiger partial charge < -0.3 is 5.11 Å². The molecule has 1 aliphatic heterocycles. The van der Waals surface area contributed by atoms with E-state index in [1.165, 1.54) is 0 Å². The topological polar surface area (TPSA) is 71.4 Å². The van der Waals surface area contributed by atoms with Gasteiger partial charge in [0.1, 0.15) is 0 Å². The van der Waals surface area contributed by atoms with E-state index in [9.17, 15) is 17.6 Å². The maximum atomic E-state index is 11.9. The highest BCUT2D eigenvalue weighted by molar-refractivity contribution is 7.91. The Balaban J connectivity index is 2.81. The average molecular weight is 224 g/mol. The number of carboxylic acids is 1. The van der Waals surface area contributed by atoms with Crippen LogP contribution in [0.5, 0.6) is 0 Å². The van der Waals surface area contributed by atoms with Gasteiger partial charge in [-0.05, 0) is 19.3 Å². The first-order valence-corrected chi connectivity index (χ1v) is 6.24. The largest absolute Gasteiger partial charge is 0.481 e. The molecule has 82 valence electrons. The molecule has 1 aliphatic rings.